The van der Waals surface area contributed by atoms with Crippen molar-refractivity contribution in [3.05, 3.63) is 88.7 Å². The van der Waals surface area contributed by atoms with Gasteiger partial charge in [0, 0.05) is 24.8 Å². The molecule has 2 aliphatic heterocycles. The van der Waals surface area contributed by atoms with Crippen LogP contribution in [0.25, 0.3) is 10.9 Å². The number of anilines is 2. The van der Waals surface area contributed by atoms with E-state index in [-0.39, 0.29) is 17.5 Å². The quantitative estimate of drug-likeness (QED) is 0.297. The molecule has 0 bridgehead atoms. The van der Waals surface area contributed by atoms with Gasteiger partial charge in [-0.2, -0.15) is 0 Å². The number of piperazine rings is 1. The van der Waals surface area contributed by atoms with Crippen LogP contribution in [0, 0.1) is 5.82 Å². The molecule has 1 unspecified atom stereocenters. The van der Waals surface area contributed by atoms with E-state index >= 15 is 0 Å². The fraction of sp³-hybridized carbons (Fsp3) is 0.353. The van der Waals surface area contributed by atoms with Gasteiger partial charge in [0.2, 0.25) is 5.91 Å². The SMILES string of the molecule is COc1ccc(N(C(=O)Nc2ccc(F)cc2)C(C)c2nc3ccccc3c(=O)n2N2CCN(C(=O)[C@H]3CCCN3)CC2)c(OC)c1. The molecule has 3 amide bonds. The normalized spacial score (nSPS) is 17.0. The van der Waals surface area contributed by atoms with Gasteiger partial charge in [-0.1, -0.05) is 12.1 Å². The van der Waals surface area contributed by atoms with Gasteiger partial charge in [-0.25, -0.2) is 18.8 Å². The number of benzene rings is 3. The van der Waals surface area contributed by atoms with Crippen molar-refractivity contribution in [2.45, 2.75) is 31.8 Å². The molecule has 12 nitrogen and oxygen atoms in total. The van der Waals surface area contributed by atoms with Crippen LogP contribution < -0.4 is 35.6 Å². The summed E-state index contributed by atoms with van der Waals surface area (Å²) in [5, 5.41) is 8.45. The topological polar surface area (TPSA) is 121 Å². The van der Waals surface area contributed by atoms with Crippen molar-refractivity contribution in [3.8, 4) is 11.5 Å². The number of nitrogens with zero attached hydrogens (tertiary/aromatic N) is 5. The van der Waals surface area contributed by atoms with Crippen molar-refractivity contribution < 1.29 is 23.5 Å². The molecule has 2 N–H and O–H groups in total. The highest BCUT2D eigenvalue weighted by Gasteiger charge is 2.34. The number of halogens is 1. The third-order valence-electron chi connectivity index (χ3n) is 8.71. The number of hydrogen-bond donors (Lipinski definition) is 2. The fourth-order valence-electron chi connectivity index (χ4n) is 6.23. The number of methoxy groups -OCH3 is 2. The largest absolute Gasteiger partial charge is 0.497 e. The second kappa shape index (κ2) is 13.7. The van der Waals surface area contributed by atoms with Crippen LogP contribution in [-0.4, -0.2) is 79.5 Å². The summed E-state index contributed by atoms with van der Waals surface area (Å²) in [6, 6.07) is 16.1. The Morgan fingerprint density at radius 2 is 1.77 bits per heavy atom. The molecule has 2 atom stereocenters. The standard InChI is InChI=1S/C34H38FN7O5/c1-22(41(29-15-14-25(46-2)21-30(29)47-3)34(45)37-24-12-10-23(35)11-13-24)31-38-27-8-5-4-7-26(27)32(43)42(31)40-19-17-39(18-20-40)33(44)28-9-6-16-36-28/h4-5,7-8,10-15,21-22,28,36H,6,9,16-20H2,1-3H3,(H,37,45)/t22?,28-/m1/s1. The number of para-hydroxylation sites is 1. The van der Waals surface area contributed by atoms with Crippen LogP contribution in [0.15, 0.2) is 71.5 Å². The molecule has 47 heavy (non-hydrogen) atoms. The molecule has 3 heterocycles. The van der Waals surface area contributed by atoms with Crippen LogP contribution in [0.1, 0.15) is 31.6 Å². The van der Waals surface area contributed by atoms with Crippen molar-refractivity contribution in [2.24, 2.45) is 0 Å². The molecule has 0 aliphatic carbocycles. The molecule has 2 fully saturated rings. The van der Waals surface area contributed by atoms with E-state index in [0.29, 0.717) is 65.8 Å². The molecule has 0 spiro atoms. The molecule has 6 rings (SSSR count). The zero-order valence-electron chi connectivity index (χ0n) is 26.6. The Labute approximate surface area is 271 Å². The Morgan fingerprint density at radius 1 is 1.02 bits per heavy atom. The van der Waals surface area contributed by atoms with Crippen molar-refractivity contribution in [2.75, 3.05) is 62.2 Å². The first-order valence-corrected chi connectivity index (χ1v) is 15.7. The molecule has 246 valence electrons. The van der Waals surface area contributed by atoms with E-state index in [9.17, 15) is 18.8 Å². The highest BCUT2D eigenvalue weighted by Crippen LogP contribution is 2.37. The van der Waals surface area contributed by atoms with Crippen LogP contribution in [0.5, 0.6) is 11.5 Å². The average Bonchev–Trinajstić information content (AvgIpc) is 3.64. The number of hydrogen-bond acceptors (Lipinski definition) is 8. The summed E-state index contributed by atoms with van der Waals surface area (Å²) in [5.74, 6) is 0.842. The lowest BCUT2D eigenvalue weighted by atomic mass is 10.1. The Hall–Kier alpha value is -5.17. The summed E-state index contributed by atoms with van der Waals surface area (Å²) >= 11 is 0. The minimum absolute atomic E-state index is 0.0787. The zero-order chi connectivity index (χ0) is 33.1. The minimum Gasteiger partial charge on any atom is -0.497 e. The Balaban J connectivity index is 1.42. The molecule has 2 saturated heterocycles. The molecule has 0 radical (unpaired) electrons. The summed E-state index contributed by atoms with van der Waals surface area (Å²) in [6.07, 6.45) is 1.79. The van der Waals surface area contributed by atoms with Gasteiger partial charge in [0.05, 0.1) is 56.0 Å². The molecular formula is C34H38FN7O5. The lowest BCUT2D eigenvalue weighted by Gasteiger charge is -2.39. The summed E-state index contributed by atoms with van der Waals surface area (Å²) in [6.45, 7) is 4.28. The number of rotatable bonds is 8. The van der Waals surface area contributed by atoms with Crippen LogP contribution >= 0.6 is 0 Å². The first kappa shape index (κ1) is 31.8. The Bertz CT molecular complexity index is 1820. The summed E-state index contributed by atoms with van der Waals surface area (Å²) < 4.78 is 26.3. The van der Waals surface area contributed by atoms with E-state index in [2.05, 4.69) is 10.6 Å². The minimum atomic E-state index is -0.822. The van der Waals surface area contributed by atoms with Gasteiger partial charge >= 0.3 is 6.03 Å². The van der Waals surface area contributed by atoms with Gasteiger partial charge < -0.3 is 30.0 Å². The van der Waals surface area contributed by atoms with Gasteiger partial charge in [0.1, 0.15) is 17.3 Å². The van der Waals surface area contributed by atoms with Crippen LogP contribution in [0.2, 0.25) is 0 Å². The van der Waals surface area contributed by atoms with Gasteiger partial charge in [-0.3, -0.25) is 14.5 Å². The number of carbonyl (C=O) groups excluding carboxylic acids is 2. The van der Waals surface area contributed by atoms with E-state index < -0.39 is 17.9 Å². The molecule has 1 aromatic heterocycles. The number of carbonyl (C=O) groups is 2. The monoisotopic (exact) mass is 643 g/mol. The maximum Gasteiger partial charge on any atom is 0.327 e. The van der Waals surface area contributed by atoms with E-state index in [0.717, 1.165) is 19.4 Å². The molecule has 4 aromatic rings. The number of fused-ring (bicyclic) bond motifs is 1. The molecule has 13 heteroatoms. The number of urea groups is 1. The van der Waals surface area contributed by atoms with Gasteiger partial charge in [0.25, 0.3) is 5.56 Å². The predicted octanol–water partition coefficient (Wildman–Crippen LogP) is 3.88. The van der Waals surface area contributed by atoms with Gasteiger partial charge in [0.15, 0.2) is 5.82 Å². The second-order valence-electron chi connectivity index (χ2n) is 11.6. The highest BCUT2D eigenvalue weighted by molar-refractivity contribution is 6.03. The number of aromatic nitrogens is 2. The van der Waals surface area contributed by atoms with Gasteiger partial charge in [-0.05, 0) is 74.8 Å². The molecule has 2 aliphatic rings. The Kier molecular flexibility index (Phi) is 9.25. The second-order valence-corrected chi connectivity index (χ2v) is 11.6. The average molecular weight is 644 g/mol. The van der Waals surface area contributed by atoms with E-state index in [1.165, 1.54) is 48.1 Å². The molecule has 3 aromatic carbocycles. The summed E-state index contributed by atoms with van der Waals surface area (Å²) in [4.78, 5) is 49.8. The smallest absolute Gasteiger partial charge is 0.327 e. The zero-order valence-corrected chi connectivity index (χ0v) is 26.6. The summed E-state index contributed by atoms with van der Waals surface area (Å²) in [5.41, 5.74) is 0.976. The molecule has 0 saturated carbocycles. The van der Waals surface area contributed by atoms with Gasteiger partial charge in [-0.15, -0.1) is 0 Å². The van der Waals surface area contributed by atoms with E-state index in [4.69, 9.17) is 14.5 Å². The lowest BCUT2D eigenvalue weighted by molar-refractivity contribution is -0.133. The number of amides is 3. The molecular weight excluding hydrogens is 605 g/mol. The maximum absolute atomic E-state index is 14.2. The Morgan fingerprint density at radius 3 is 2.45 bits per heavy atom. The number of nitrogens with one attached hydrogen (secondary N) is 2. The fourth-order valence-corrected chi connectivity index (χ4v) is 6.23. The van der Waals surface area contributed by atoms with Crippen molar-refractivity contribution >= 4 is 34.2 Å². The van der Waals surface area contributed by atoms with Crippen LogP contribution in [0.3, 0.4) is 0 Å². The first-order chi connectivity index (χ1) is 22.8. The predicted molar refractivity (Wildman–Crippen MR) is 177 cm³/mol. The third-order valence-corrected chi connectivity index (χ3v) is 8.71. The lowest BCUT2D eigenvalue weighted by Crippen LogP contribution is -2.58. The highest BCUT2D eigenvalue weighted by atomic mass is 19.1. The maximum atomic E-state index is 14.2. The van der Waals surface area contributed by atoms with Crippen molar-refractivity contribution in [1.29, 1.82) is 0 Å². The number of ether oxygens (including phenoxy) is 2. The van der Waals surface area contributed by atoms with Crippen LogP contribution in [-0.2, 0) is 4.79 Å². The third kappa shape index (κ3) is 6.43. The van der Waals surface area contributed by atoms with Crippen molar-refractivity contribution in [3.63, 3.8) is 0 Å². The summed E-state index contributed by atoms with van der Waals surface area (Å²) in [7, 11) is 3.02. The van der Waals surface area contributed by atoms with E-state index in [1.807, 2.05) is 9.91 Å². The first-order valence-electron chi connectivity index (χ1n) is 15.7. The van der Waals surface area contributed by atoms with E-state index in [1.54, 1.807) is 49.4 Å². The van der Waals surface area contributed by atoms with Crippen molar-refractivity contribution in [1.82, 2.24) is 19.9 Å². The van der Waals surface area contributed by atoms with Crippen LogP contribution in [0.4, 0.5) is 20.6 Å².